The van der Waals surface area contributed by atoms with Crippen LogP contribution >= 0.6 is 0 Å². The normalized spacial score (nSPS) is 13.9. The van der Waals surface area contributed by atoms with Crippen molar-refractivity contribution in [2.75, 3.05) is 5.32 Å². The maximum atomic E-state index is 13.3. The molecule has 1 aliphatic rings. The molecule has 1 aliphatic carbocycles. The summed E-state index contributed by atoms with van der Waals surface area (Å²) in [4.78, 5) is 18.2. The molecule has 1 amide bonds. The van der Waals surface area contributed by atoms with E-state index in [-0.39, 0.29) is 5.91 Å². The highest BCUT2D eigenvalue weighted by molar-refractivity contribution is 6.13. The van der Waals surface area contributed by atoms with Crippen molar-refractivity contribution >= 4 is 22.5 Å². The van der Waals surface area contributed by atoms with Crippen molar-refractivity contribution in [2.45, 2.75) is 46.0 Å². The highest BCUT2D eigenvalue weighted by Gasteiger charge is 2.22. The number of aromatic nitrogens is 1. The summed E-state index contributed by atoms with van der Waals surface area (Å²) in [5.74, 6) is -0.0197. The molecule has 0 saturated heterocycles. The standard InChI is InChI=1S/C23H24N2O/c1-15-12-13-19(16(2)14-15)25-23(26)22-17-8-4-3-5-10-20(17)24-21-11-7-6-9-18(21)22/h6-7,9,11-14H,3-5,8,10H2,1-2H3,(H,25,26). The Labute approximate surface area is 154 Å². The lowest BCUT2D eigenvalue weighted by Gasteiger charge is -2.16. The van der Waals surface area contributed by atoms with E-state index in [0.717, 1.165) is 64.7 Å². The first kappa shape index (κ1) is 16.8. The summed E-state index contributed by atoms with van der Waals surface area (Å²) >= 11 is 0. The first-order valence-electron chi connectivity index (χ1n) is 9.42. The van der Waals surface area contributed by atoms with E-state index in [2.05, 4.69) is 18.3 Å². The molecule has 0 unspecified atom stereocenters. The van der Waals surface area contributed by atoms with E-state index in [9.17, 15) is 4.79 Å². The zero-order valence-corrected chi connectivity index (χ0v) is 15.4. The number of carbonyl (C=O) groups is 1. The van der Waals surface area contributed by atoms with Gasteiger partial charge in [-0.25, -0.2) is 0 Å². The maximum Gasteiger partial charge on any atom is 0.256 e. The van der Waals surface area contributed by atoms with Crippen LogP contribution in [-0.4, -0.2) is 10.9 Å². The van der Waals surface area contributed by atoms with Gasteiger partial charge in [-0.15, -0.1) is 0 Å². The molecule has 3 aromatic rings. The largest absolute Gasteiger partial charge is 0.322 e. The molecule has 1 heterocycles. The molecule has 0 aliphatic heterocycles. The number of pyridine rings is 1. The van der Waals surface area contributed by atoms with Crippen LogP contribution in [0.5, 0.6) is 0 Å². The number of nitrogens with one attached hydrogen (secondary N) is 1. The molecule has 0 saturated carbocycles. The molecule has 0 spiro atoms. The minimum atomic E-state index is -0.0197. The Kier molecular flexibility index (Phi) is 4.46. The van der Waals surface area contributed by atoms with E-state index in [1.165, 1.54) is 12.0 Å². The fourth-order valence-electron chi connectivity index (χ4n) is 3.95. The lowest BCUT2D eigenvalue weighted by molar-refractivity contribution is 0.102. The van der Waals surface area contributed by atoms with Crippen molar-refractivity contribution in [1.82, 2.24) is 4.98 Å². The number of hydrogen-bond donors (Lipinski definition) is 1. The Morgan fingerprint density at radius 2 is 1.81 bits per heavy atom. The van der Waals surface area contributed by atoms with Gasteiger partial charge >= 0.3 is 0 Å². The van der Waals surface area contributed by atoms with Crippen LogP contribution in [0.15, 0.2) is 42.5 Å². The number of nitrogens with zero attached hydrogens (tertiary/aromatic N) is 1. The molecular formula is C23H24N2O. The molecule has 3 heteroatoms. The number of aryl methyl sites for hydroxylation is 3. The summed E-state index contributed by atoms with van der Waals surface area (Å²) in [6.45, 7) is 4.10. The predicted molar refractivity (Wildman–Crippen MR) is 107 cm³/mol. The quantitative estimate of drug-likeness (QED) is 0.635. The van der Waals surface area contributed by atoms with Crippen LogP contribution in [0.2, 0.25) is 0 Å². The van der Waals surface area contributed by atoms with Crippen LogP contribution in [0, 0.1) is 13.8 Å². The first-order valence-corrected chi connectivity index (χ1v) is 9.42. The number of para-hydroxylation sites is 1. The Morgan fingerprint density at radius 1 is 1.00 bits per heavy atom. The van der Waals surface area contributed by atoms with E-state index < -0.39 is 0 Å². The summed E-state index contributed by atoms with van der Waals surface area (Å²) in [5, 5.41) is 4.10. The lowest BCUT2D eigenvalue weighted by Crippen LogP contribution is -2.17. The Balaban J connectivity index is 1.83. The molecule has 4 rings (SSSR count). The molecule has 1 N–H and O–H groups in total. The van der Waals surface area contributed by atoms with Gasteiger partial charge in [0.05, 0.1) is 11.1 Å². The zero-order valence-electron chi connectivity index (χ0n) is 15.4. The minimum Gasteiger partial charge on any atom is -0.322 e. The van der Waals surface area contributed by atoms with Gasteiger partial charge in [-0.3, -0.25) is 9.78 Å². The Hall–Kier alpha value is -2.68. The van der Waals surface area contributed by atoms with Crippen LogP contribution in [-0.2, 0) is 12.8 Å². The molecule has 132 valence electrons. The number of benzene rings is 2. The van der Waals surface area contributed by atoms with Crippen molar-refractivity contribution in [3.63, 3.8) is 0 Å². The number of hydrogen-bond acceptors (Lipinski definition) is 2. The van der Waals surface area contributed by atoms with Gasteiger partial charge in [-0.05, 0) is 62.8 Å². The fourth-order valence-corrected chi connectivity index (χ4v) is 3.95. The SMILES string of the molecule is Cc1ccc(NC(=O)c2c3c(nc4ccccc24)CCCCC3)c(C)c1. The monoisotopic (exact) mass is 344 g/mol. The van der Waals surface area contributed by atoms with E-state index in [1.807, 2.05) is 43.3 Å². The molecule has 0 fully saturated rings. The molecule has 26 heavy (non-hydrogen) atoms. The van der Waals surface area contributed by atoms with E-state index >= 15 is 0 Å². The highest BCUT2D eigenvalue weighted by atomic mass is 16.1. The van der Waals surface area contributed by atoms with Gasteiger partial charge in [0.1, 0.15) is 0 Å². The number of anilines is 1. The number of amides is 1. The van der Waals surface area contributed by atoms with Crippen molar-refractivity contribution in [3.05, 3.63) is 70.4 Å². The number of fused-ring (bicyclic) bond motifs is 2. The molecule has 3 nitrogen and oxygen atoms in total. The smallest absolute Gasteiger partial charge is 0.256 e. The second-order valence-corrected chi connectivity index (χ2v) is 7.26. The summed E-state index contributed by atoms with van der Waals surface area (Å²) < 4.78 is 0. The Morgan fingerprint density at radius 3 is 2.65 bits per heavy atom. The number of carbonyl (C=O) groups excluding carboxylic acids is 1. The highest BCUT2D eigenvalue weighted by Crippen LogP contribution is 2.29. The van der Waals surface area contributed by atoms with Crippen LogP contribution in [0.3, 0.4) is 0 Å². The second kappa shape index (κ2) is 6.91. The third-order valence-corrected chi connectivity index (χ3v) is 5.28. The van der Waals surface area contributed by atoms with Gasteiger partial charge in [0.25, 0.3) is 5.91 Å². The van der Waals surface area contributed by atoms with Gasteiger partial charge < -0.3 is 5.32 Å². The van der Waals surface area contributed by atoms with E-state index in [0.29, 0.717) is 0 Å². The van der Waals surface area contributed by atoms with Gasteiger partial charge in [-0.2, -0.15) is 0 Å². The number of rotatable bonds is 2. The zero-order chi connectivity index (χ0) is 18.1. The van der Waals surface area contributed by atoms with Crippen molar-refractivity contribution in [1.29, 1.82) is 0 Å². The van der Waals surface area contributed by atoms with Crippen LogP contribution < -0.4 is 5.32 Å². The molecule has 2 aromatic carbocycles. The molecule has 0 bridgehead atoms. The van der Waals surface area contributed by atoms with Crippen molar-refractivity contribution < 1.29 is 4.79 Å². The Bertz CT molecular complexity index is 991. The predicted octanol–water partition coefficient (Wildman–Crippen LogP) is 5.37. The topological polar surface area (TPSA) is 42.0 Å². The maximum absolute atomic E-state index is 13.3. The van der Waals surface area contributed by atoms with Crippen LogP contribution in [0.25, 0.3) is 10.9 Å². The summed E-state index contributed by atoms with van der Waals surface area (Å²) in [7, 11) is 0. The summed E-state index contributed by atoms with van der Waals surface area (Å²) in [6, 6.07) is 14.1. The van der Waals surface area contributed by atoms with Gasteiger partial charge in [0, 0.05) is 16.8 Å². The minimum absolute atomic E-state index is 0.0197. The average Bonchev–Trinajstić information content (AvgIpc) is 2.87. The van der Waals surface area contributed by atoms with Gasteiger partial charge in [0.2, 0.25) is 0 Å². The van der Waals surface area contributed by atoms with Crippen LogP contribution in [0.1, 0.15) is 52.0 Å². The fraction of sp³-hybridized carbons (Fsp3) is 0.304. The second-order valence-electron chi connectivity index (χ2n) is 7.26. The molecule has 0 radical (unpaired) electrons. The van der Waals surface area contributed by atoms with E-state index in [4.69, 9.17) is 4.98 Å². The third-order valence-electron chi connectivity index (χ3n) is 5.28. The first-order chi connectivity index (χ1) is 12.6. The van der Waals surface area contributed by atoms with Crippen molar-refractivity contribution in [3.8, 4) is 0 Å². The average molecular weight is 344 g/mol. The molecular weight excluding hydrogens is 320 g/mol. The van der Waals surface area contributed by atoms with Gasteiger partial charge in [0.15, 0.2) is 0 Å². The third kappa shape index (κ3) is 3.10. The lowest BCUT2D eigenvalue weighted by atomic mass is 9.96. The van der Waals surface area contributed by atoms with Crippen LogP contribution in [0.4, 0.5) is 5.69 Å². The van der Waals surface area contributed by atoms with E-state index in [1.54, 1.807) is 0 Å². The molecule has 0 atom stereocenters. The van der Waals surface area contributed by atoms with Gasteiger partial charge in [-0.1, -0.05) is 42.3 Å². The molecule has 1 aromatic heterocycles. The van der Waals surface area contributed by atoms with Crippen molar-refractivity contribution in [2.24, 2.45) is 0 Å². The summed E-state index contributed by atoms with van der Waals surface area (Å²) in [6.07, 6.45) is 5.37. The summed E-state index contributed by atoms with van der Waals surface area (Å²) in [5.41, 5.74) is 7.14.